The highest BCUT2D eigenvalue weighted by Gasteiger charge is 2.15. The summed E-state index contributed by atoms with van der Waals surface area (Å²) in [6.07, 6.45) is 0. The Morgan fingerprint density at radius 3 is 2.58 bits per heavy atom. The van der Waals surface area contributed by atoms with E-state index in [4.69, 9.17) is 0 Å². The third-order valence-electron chi connectivity index (χ3n) is 3.28. The predicted octanol–water partition coefficient (Wildman–Crippen LogP) is 3.42. The van der Waals surface area contributed by atoms with Crippen LogP contribution in [0.5, 0.6) is 0 Å². The van der Waals surface area contributed by atoms with E-state index in [9.17, 15) is 18.4 Å². The van der Waals surface area contributed by atoms with Crippen LogP contribution < -0.4 is 5.32 Å². The molecule has 0 aromatic heterocycles. The summed E-state index contributed by atoms with van der Waals surface area (Å²) >= 11 is 0. The first kappa shape index (κ1) is 17.4. The third kappa shape index (κ3) is 4.28. The number of carbonyl (C=O) groups excluding carboxylic acids is 2. The highest BCUT2D eigenvalue weighted by atomic mass is 19.1. The van der Waals surface area contributed by atoms with Gasteiger partial charge in [0, 0.05) is 13.6 Å². The third-order valence-corrected chi connectivity index (χ3v) is 3.28. The van der Waals surface area contributed by atoms with Crippen LogP contribution in [-0.4, -0.2) is 31.1 Å². The summed E-state index contributed by atoms with van der Waals surface area (Å²) < 4.78 is 31.5. The van der Waals surface area contributed by atoms with Crippen LogP contribution in [0.2, 0.25) is 0 Å². The molecule has 1 N–H and O–H groups in total. The van der Waals surface area contributed by atoms with E-state index in [-0.39, 0.29) is 17.8 Å². The number of esters is 1. The molecule has 0 aliphatic carbocycles. The Morgan fingerprint density at radius 1 is 1.17 bits per heavy atom. The SMILES string of the molecule is COC(=O)c1ccc(F)c(NC(=O)N(C)Cc2cccc(F)c2)c1. The first-order chi connectivity index (χ1) is 11.4. The van der Waals surface area contributed by atoms with E-state index in [1.807, 2.05) is 0 Å². The van der Waals surface area contributed by atoms with Gasteiger partial charge in [-0.25, -0.2) is 18.4 Å². The van der Waals surface area contributed by atoms with Crippen molar-refractivity contribution in [3.8, 4) is 0 Å². The molecule has 2 aromatic rings. The van der Waals surface area contributed by atoms with E-state index < -0.39 is 23.6 Å². The summed E-state index contributed by atoms with van der Waals surface area (Å²) in [6.45, 7) is 0.141. The quantitative estimate of drug-likeness (QED) is 0.872. The molecule has 0 heterocycles. The lowest BCUT2D eigenvalue weighted by Crippen LogP contribution is -2.31. The number of anilines is 1. The molecule has 0 aliphatic rings. The van der Waals surface area contributed by atoms with Crippen molar-refractivity contribution in [2.75, 3.05) is 19.5 Å². The average Bonchev–Trinajstić information content (AvgIpc) is 2.56. The summed E-state index contributed by atoms with van der Waals surface area (Å²) in [6, 6.07) is 8.73. The van der Waals surface area contributed by atoms with Gasteiger partial charge in [0.15, 0.2) is 0 Å². The van der Waals surface area contributed by atoms with Crippen molar-refractivity contribution in [2.24, 2.45) is 0 Å². The molecule has 2 rings (SSSR count). The van der Waals surface area contributed by atoms with Gasteiger partial charge in [0.05, 0.1) is 18.4 Å². The van der Waals surface area contributed by atoms with Gasteiger partial charge in [-0.15, -0.1) is 0 Å². The average molecular weight is 334 g/mol. The molecule has 2 amide bonds. The zero-order valence-corrected chi connectivity index (χ0v) is 13.2. The van der Waals surface area contributed by atoms with Crippen molar-refractivity contribution < 1.29 is 23.1 Å². The molecular formula is C17H16F2N2O3. The summed E-state index contributed by atoms with van der Waals surface area (Å²) in [7, 11) is 2.69. The minimum atomic E-state index is -0.685. The molecular weight excluding hydrogens is 318 g/mol. The Bertz CT molecular complexity index is 765. The Hall–Kier alpha value is -2.96. The van der Waals surface area contributed by atoms with Crippen molar-refractivity contribution in [2.45, 2.75) is 6.54 Å². The maximum absolute atomic E-state index is 13.8. The summed E-state index contributed by atoms with van der Waals surface area (Å²) in [5.74, 6) is -1.73. The Labute approximate surface area is 137 Å². The van der Waals surface area contributed by atoms with Crippen LogP contribution in [-0.2, 0) is 11.3 Å². The molecule has 126 valence electrons. The number of hydrogen-bond acceptors (Lipinski definition) is 3. The molecule has 0 unspecified atom stereocenters. The molecule has 0 bridgehead atoms. The van der Waals surface area contributed by atoms with Gasteiger partial charge in [0.1, 0.15) is 11.6 Å². The molecule has 0 saturated carbocycles. The minimum Gasteiger partial charge on any atom is -0.465 e. The van der Waals surface area contributed by atoms with Gasteiger partial charge in [-0.3, -0.25) is 0 Å². The Morgan fingerprint density at radius 2 is 1.92 bits per heavy atom. The lowest BCUT2D eigenvalue weighted by molar-refractivity contribution is 0.0600. The van der Waals surface area contributed by atoms with Crippen molar-refractivity contribution >= 4 is 17.7 Å². The van der Waals surface area contributed by atoms with Gasteiger partial charge in [-0.1, -0.05) is 12.1 Å². The summed E-state index contributed by atoms with van der Waals surface area (Å²) in [4.78, 5) is 24.9. The van der Waals surface area contributed by atoms with E-state index >= 15 is 0 Å². The number of urea groups is 1. The van der Waals surface area contributed by atoms with Crippen molar-refractivity contribution in [1.82, 2.24) is 4.90 Å². The molecule has 0 spiro atoms. The molecule has 0 aliphatic heterocycles. The molecule has 0 saturated heterocycles. The second-order valence-electron chi connectivity index (χ2n) is 5.10. The van der Waals surface area contributed by atoms with Crippen molar-refractivity contribution in [1.29, 1.82) is 0 Å². The fraction of sp³-hybridized carbons (Fsp3) is 0.176. The van der Waals surface area contributed by atoms with E-state index in [1.165, 1.54) is 49.4 Å². The van der Waals surface area contributed by atoms with Gasteiger partial charge >= 0.3 is 12.0 Å². The number of halogens is 2. The highest BCUT2D eigenvalue weighted by Crippen LogP contribution is 2.18. The van der Waals surface area contributed by atoms with Crippen LogP contribution >= 0.6 is 0 Å². The maximum atomic E-state index is 13.8. The molecule has 7 heteroatoms. The number of carbonyl (C=O) groups is 2. The zero-order valence-electron chi connectivity index (χ0n) is 13.2. The van der Waals surface area contributed by atoms with Crippen LogP contribution in [0.1, 0.15) is 15.9 Å². The molecule has 0 atom stereocenters. The smallest absolute Gasteiger partial charge is 0.337 e. The van der Waals surface area contributed by atoms with Crippen LogP contribution in [0.15, 0.2) is 42.5 Å². The van der Waals surface area contributed by atoms with Gasteiger partial charge < -0.3 is 15.0 Å². The normalized spacial score (nSPS) is 10.2. The van der Waals surface area contributed by atoms with Crippen LogP contribution in [0.4, 0.5) is 19.3 Å². The molecule has 24 heavy (non-hydrogen) atoms. The fourth-order valence-electron chi connectivity index (χ4n) is 2.06. The predicted molar refractivity (Wildman–Crippen MR) is 84.6 cm³/mol. The number of benzene rings is 2. The summed E-state index contributed by atoms with van der Waals surface area (Å²) in [5, 5.41) is 2.37. The summed E-state index contributed by atoms with van der Waals surface area (Å²) in [5.41, 5.74) is 0.562. The second kappa shape index (κ2) is 7.54. The standard InChI is InChI=1S/C17H16F2N2O3/c1-21(10-11-4-3-5-13(18)8-11)17(23)20-15-9-12(16(22)24-2)6-7-14(15)19/h3-9H,10H2,1-2H3,(H,20,23). The van der Waals surface area contributed by atoms with Gasteiger partial charge in [0.2, 0.25) is 0 Å². The largest absolute Gasteiger partial charge is 0.465 e. The van der Waals surface area contributed by atoms with Crippen molar-refractivity contribution in [3.05, 3.63) is 65.2 Å². The zero-order chi connectivity index (χ0) is 17.7. The minimum absolute atomic E-state index is 0.113. The van der Waals surface area contributed by atoms with Gasteiger partial charge in [-0.05, 0) is 35.9 Å². The van der Waals surface area contributed by atoms with E-state index in [1.54, 1.807) is 6.07 Å². The molecule has 2 aromatic carbocycles. The number of hydrogen-bond donors (Lipinski definition) is 1. The first-order valence-corrected chi connectivity index (χ1v) is 7.05. The molecule has 5 nitrogen and oxygen atoms in total. The Balaban J connectivity index is 2.09. The number of nitrogens with one attached hydrogen (secondary N) is 1. The van der Waals surface area contributed by atoms with Gasteiger partial charge in [0.25, 0.3) is 0 Å². The van der Waals surface area contributed by atoms with Gasteiger partial charge in [-0.2, -0.15) is 0 Å². The number of rotatable bonds is 4. The lowest BCUT2D eigenvalue weighted by atomic mass is 10.2. The van der Waals surface area contributed by atoms with E-state index in [0.29, 0.717) is 5.56 Å². The molecule has 0 radical (unpaired) electrons. The second-order valence-corrected chi connectivity index (χ2v) is 5.10. The molecule has 0 fully saturated rings. The highest BCUT2D eigenvalue weighted by molar-refractivity contribution is 5.94. The number of amides is 2. The number of nitrogens with zero attached hydrogens (tertiary/aromatic N) is 1. The Kier molecular flexibility index (Phi) is 5.47. The van der Waals surface area contributed by atoms with Crippen LogP contribution in [0.25, 0.3) is 0 Å². The topological polar surface area (TPSA) is 58.6 Å². The lowest BCUT2D eigenvalue weighted by Gasteiger charge is -2.18. The van der Waals surface area contributed by atoms with E-state index in [2.05, 4.69) is 10.1 Å². The number of methoxy groups -OCH3 is 1. The fourth-order valence-corrected chi connectivity index (χ4v) is 2.06. The maximum Gasteiger partial charge on any atom is 0.337 e. The van der Waals surface area contributed by atoms with Crippen LogP contribution in [0.3, 0.4) is 0 Å². The monoisotopic (exact) mass is 334 g/mol. The van der Waals surface area contributed by atoms with Crippen molar-refractivity contribution in [3.63, 3.8) is 0 Å². The van der Waals surface area contributed by atoms with Crippen LogP contribution in [0, 0.1) is 11.6 Å². The number of ether oxygens (including phenoxy) is 1. The van der Waals surface area contributed by atoms with E-state index in [0.717, 1.165) is 6.07 Å². The first-order valence-electron chi connectivity index (χ1n) is 7.05.